The third-order valence-corrected chi connectivity index (χ3v) is 3.71. The van der Waals surface area contributed by atoms with Gasteiger partial charge in [0.15, 0.2) is 0 Å². The number of fused-ring (bicyclic) bond motifs is 1. The molecule has 4 nitrogen and oxygen atoms in total. The fourth-order valence-corrected chi connectivity index (χ4v) is 2.39. The van der Waals surface area contributed by atoms with Crippen LogP contribution in [-0.2, 0) is 12.8 Å². The molecule has 1 aliphatic carbocycles. The average Bonchev–Trinajstić information content (AvgIpc) is 2.97. The highest BCUT2D eigenvalue weighted by molar-refractivity contribution is 6.04. The van der Waals surface area contributed by atoms with Crippen LogP contribution in [0.1, 0.15) is 39.2 Å². The zero-order chi connectivity index (χ0) is 13.4. The summed E-state index contributed by atoms with van der Waals surface area (Å²) < 4.78 is 5.20. The van der Waals surface area contributed by atoms with Crippen molar-refractivity contribution in [3.8, 4) is 0 Å². The molecule has 2 aromatic rings. The SMILES string of the molecule is Cc1ccc(C(=O)Nc2onc3c2CCC3)cc1C. The van der Waals surface area contributed by atoms with Gasteiger partial charge in [0.2, 0.25) is 5.88 Å². The topological polar surface area (TPSA) is 55.1 Å². The number of aryl methyl sites for hydroxylation is 3. The van der Waals surface area contributed by atoms with E-state index in [4.69, 9.17) is 4.52 Å². The van der Waals surface area contributed by atoms with Gasteiger partial charge in [0.25, 0.3) is 5.91 Å². The van der Waals surface area contributed by atoms with Crippen molar-refractivity contribution < 1.29 is 9.32 Å². The molecule has 0 saturated heterocycles. The fraction of sp³-hybridized carbons (Fsp3) is 0.333. The first-order chi connectivity index (χ1) is 9.15. The van der Waals surface area contributed by atoms with Crippen LogP contribution in [0.4, 0.5) is 5.88 Å². The van der Waals surface area contributed by atoms with Crippen LogP contribution in [0.15, 0.2) is 22.7 Å². The van der Waals surface area contributed by atoms with Crippen LogP contribution in [0.5, 0.6) is 0 Å². The average molecular weight is 256 g/mol. The number of nitrogens with one attached hydrogen (secondary N) is 1. The van der Waals surface area contributed by atoms with Crippen LogP contribution >= 0.6 is 0 Å². The Bertz CT molecular complexity index is 644. The van der Waals surface area contributed by atoms with E-state index in [1.807, 2.05) is 32.0 Å². The van der Waals surface area contributed by atoms with Gasteiger partial charge in [0.1, 0.15) is 0 Å². The van der Waals surface area contributed by atoms with E-state index >= 15 is 0 Å². The molecule has 1 amide bonds. The molecule has 0 radical (unpaired) electrons. The molecular formula is C15H16N2O2. The Morgan fingerprint density at radius 1 is 1.26 bits per heavy atom. The van der Waals surface area contributed by atoms with Crippen molar-refractivity contribution >= 4 is 11.8 Å². The lowest BCUT2D eigenvalue weighted by Gasteiger charge is -2.05. The van der Waals surface area contributed by atoms with Gasteiger partial charge in [-0.15, -0.1) is 0 Å². The van der Waals surface area contributed by atoms with Crippen molar-refractivity contribution in [3.63, 3.8) is 0 Å². The molecular weight excluding hydrogens is 240 g/mol. The molecule has 1 aromatic heterocycles. The predicted molar refractivity (Wildman–Crippen MR) is 72.4 cm³/mol. The summed E-state index contributed by atoms with van der Waals surface area (Å²) in [6.45, 7) is 4.03. The van der Waals surface area contributed by atoms with Crippen LogP contribution in [0.2, 0.25) is 0 Å². The minimum atomic E-state index is -0.144. The summed E-state index contributed by atoms with van der Waals surface area (Å²) in [6, 6.07) is 5.67. The van der Waals surface area contributed by atoms with Gasteiger partial charge in [0, 0.05) is 11.1 Å². The largest absolute Gasteiger partial charge is 0.338 e. The number of hydrogen-bond acceptors (Lipinski definition) is 3. The number of amides is 1. The molecule has 1 heterocycles. The smallest absolute Gasteiger partial charge is 0.258 e. The first-order valence-corrected chi connectivity index (χ1v) is 6.51. The molecule has 4 heteroatoms. The lowest BCUT2D eigenvalue weighted by molar-refractivity contribution is 0.102. The Balaban J connectivity index is 1.82. The molecule has 0 spiro atoms. The second-order valence-electron chi connectivity index (χ2n) is 5.04. The number of aromatic nitrogens is 1. The van der Waals surface area contributed by atoms with Gasteiger partial charge in [0.05, 0.1) is 5.69 Å². The molecule has 19 heavy (non-hydrogen) atoms. The zero-order valence-corrected chi connectivity index (χ0v) is 11.1. The Kier molecular flexibility index (Phi) is 2.85. The van der Waals surface area contributed by atoms with Crippen molar-refractivity contribution in [2.24, 2.45) is 0 Å². The Hall–Kier alpha value is -2.10. The van der Waals surface area contributed by atoms with E-state index in [1.54, 1.807) is 0 Å². The summed E-state index contributed by atoms with van der Waals surface area (Å²) in [5, 5.41) is 6.80. The molecule has 1 aromatic carbocycles. The molecule has 0 saturated carbocycles. The van der Waals surface area contributed by atoms with Crippen LogP contribution < -0.4 is 5.32 Å². The number of anilines is 1. The molecule has 0 aliphatic heterocycles. The molecule has 0 unspecified atom stereocenters. The number of benzene rings is 1. The number of rotatable bonds is 2. The molecule has 1 aliphatic rings. The number of nitrogens with zero attached hydrogens (tertiary/aromatic N) is 1. The van der Waals surface area contributed by atoms with E-state index in [-0.39, 0.29) is 5.91 Å². The van der Waals surface area contributed by atoms with Gasteiger partial charge < -0.3 is 4.52 Å². The maximum atomic E-state index is 12.2. The molecule has 1 N–H and O–H groups in total. The Morgan fingerprint density at radius 2 is 2.11 bits per heavy atom. The predicted octanol–water partition coefficient (Wildman–Crippen LogP) is 3.03. The van der Waals surface area contributed by atoms with Gasteiger partial charge in [-0.3, -0.25) is 10.1 Å². The summed E-state index contributed by atoms with van der Waals surface area (Å²) >= 11 is 0. The maximum absolute atomic E-state index is 12.2. The van der Waals surface area contributed by atoms with E-state index in [0.717, 1.165) is 36.1 Å². The summed E-state index contributed by atoms with van der Waals surface area (Å²) in [4.78, 5) is 12.2. The van der Waals surface area contributed by atoms with E-state index in [2.05, 4.69) is 10.5 Å². The Morgan fingerprint density at radius 3 is 2.89 bits per heavy atom. The maximum Gasteiger partial charge on any atom is 0.258 e. The third-order valence-electron chi connectivity index (χ3n) is 3.71. The molecule has 3 rings (SSSR count). The normalized spacial score (nSPS) is 13.4. The standard InChI is InChI=1S/C15H16N2O2/c1-9-6-7-11(8-10(9)2)14(18)16-15-12-4-3-5-13(12)17-19-15/h6-8H,3-5H2,1-2H3,(H,16,18). The summed E-state index contributed by atoms with van der Waals surface area (Å²) in [7, 11) is 0. The van der Waals surface area contributed by atoms with Crippen molar-refractivity contribution in [1.29, 1.82) is 0 Å². The van der Waals surface area contributed by atoms with Crippen LogP contribution in [0.3, 0.4) is 0 Å². The number of carbonyl (C=O) groups is 1. The second kappa shape index (κ2) is 4.53. The monoisotopic (exact) mass is 256 g/mol. The van der Waals surface area contributed by atoms with Crippen molar-refractivity contribution in [1.82, 2.24) is 5.16 Å². The minimum Gasteiger partial charge on any atom is -0.338 e. The summed E-state index contributed by atoms with van der Waals surface area (Å²) in [6.07, 6.45) is 2.96. The van der Waals surface area contributed by atoms with Crippen LogP contribution in [0.25, 0.3) is 0 Å². The van der Waals surface area contributed by atoms with E-state index < -0.39 is 0 Å². The first kappa shape index (κ1) is 12.0. The molecule has 0 bridgehead atoms. The van der Waals surface area contributed by atoms with Crippen molar-refractivity contribution in [2.75, 3.05) is 5.32 Å². The van der Waals surface area contributed by atoms with E-state index in [0.29, 0.717) is 11.4 Å². The van der Waals surface area contributed by atoms with Crippen molar-refractivity contribution in [2.45, 2.75) is 33.1 Å². The van der Waals surface area contributed by atoms with Crippen LogP contribution in [-0.4, -0.2) is 11.1 Å². The van der Waals surface area contributed by atoms with Gasteiger partial charge in [-0.2, -0.15) is 0 Å². The highest BCUT2D eigenvalue weighted by Gasteiger charge is 2.22. The second-order valence-corrected chi connectivity index (χ2v) is 5.04. The fourth-order valence-electron chi connectivity index (χ4n) is 2.39. The zero-order valence-electron chi connectivity index (χ0n) is 11.1. The van der Waals surface area contributed by atoms with E-state index in [9.17, 15) is 4.79 Å². The summed E-state index contributed by atoms with van der Waals surface area (Å²) in [5.74, 6) is 0.365. The van der Waals surface area contributed by atoms with Crippen molar-refractivity contribution in [3.05, 3.63) is 46.1 Å². The molecule has 0 fully saturated rings. The minimum absolute atomic E-state index is 0.144. The number of carbonyl (C=O) groups excluding carboxylic acids is 1. The van der Waals surface area contributed by atoms with Gasteiger partial charge in [-0.25, -0.2) is 0 Å². The molecule has 0 atom stereocenters. The van der Waals surface area contributed by atoms with Crippen LogP contribution in [0, 0.1) is 13.8 Å². The van der Waals surface area contributed by atoms with E-state index in [1.165, 1.54) is 5.56 Å². The number of hydrogen-bond donors (Lipinski definition) is 1. The van der Waals surface area contributed by atoms with Gasteiger partial charge in [-0.05, 0) is 56.4 Å². The summed E-state index contributed by atoms with van der Waals surface area (Å²) in [5.41, 5.74) is 4.96. The Labute approximate surface area is 111 Å². The quantitative estimate of drug-likeness (QED) is 0.898. The third kappa shape index (κ3) is 2.14. The highest BCUT2D eigenvalue weighted by atomic mass is 16.5. The highest BCUT2D eigenvalue weighted by Crippen LogP contribution is 2.28. The lowest BCUT2D eigenvalue weighted by atomic mass is 10.1. The van der Waals surface area contributed by atoms with Gasteiger partial charge >= 0.3 is 0 Å². The lowest BCUT2D eigenvalue weighted by Crippen LogP contribution is -2.12. The van der Waals surface area contributed by atoms with Gasteiger partial charge in [-0.1, -0.05) is 11.2 Å². The first-order valence-electron chi connectivity index (χ1n) is 6.51. The molecule has 98 valence electrons.